The quantitative estimate of drug-likeness (QED) is 0.0491. The van der Waals surface area contributed by atoms with Crippen molar-refractivity contribution in [3.8, 4) is 5.75 Å². The van der Waals surface area contributed by atoms with Crippen molar-refractivity contribution in [1.29, 1.82) is 0 Å². The average Bonchev–Trinajstić information content (AvgIpc) is 3.68. The Morgan fingerprint density at radius 1 is 1.05 bits per heavy atom. The summed E-state index contributed by atoms with van der Waals surface area (Å²) in [5.74, 6) is -1.64. The van der Waals surface area contributed by atoms with Gasteiger partial charge in [0.2, 0.25) is 16.9 Å². The predicted octanol–water partition coefficient (Wildman–Crippen LogP) is -2.84. The molecular weight excluding hydrogens is 847 g/mol. The van der Waals surface area contributed by atoms with Crippen LogP contribution in [0.1, 0.15) is 36.9 Å². The summed E-state index contributed by atoms with van der Waals surface area (Å²) in [6, 6.07) is 5.95. The lowest BCUT2D eigenvalue weighted by Crippen LogP contribution is -2.46. The van der Waals surface area contributed by atoms with Gasteiger partial charge in [0.25, 0.3) is 15.6 Å². The van der Waals surface area contributed by atoms with Gasteiger partial charge in [-0.2, -0.15) is 0 Å². The van der Waals surface area contributed by atoms with Gasteiger partial charge in [-0.3, -0.25) is 28.1 Å². The van der Waals surface area contributed by atoms with Crippen molar-refractivity contribution >= 4 is 69.1 Å². The molecule has 4 rings (SSSR count). The zero-order chi connectivity index (χ0) is 42.3. The minimum absolute atomic E-state index is 0.0281. The number of hydrogen-bond acceptors (Lipinski definition) is 23. The Morgan fingerprint density at radius 2 is 1.74 bits per heavy atom. The van der Waals surface area contributed by atoms with E-state index in [1.165, 1.54) is 26.0 Å². The summed E-state index contributed by atoms with van der Waals surface area (Å²) in [5.41, 5.74) is 4.14. The summed E-state index contributed by atoms with van der Waals surface area (Å²) in [6.45, 7) is -0.121. The number of aromatic nitrogens is 4. The number of nitrogens with one attached hydrogen (secondary N) is 2. The minimum atomic E-state index is -5.93. The Hall–Kier alpha value is -3.42. The molecule has 2 aromatic heterocycles. The summed E-state index contributed by atoms with van der Waals surface area (Å²) in [4.78, 5) is 96.2. The van der Waals surface area contributed by atoms with Crippen LogP contribution in [0.15, 0.2) is 36.9 Å². The van der Waals surface area contributed by atoms with Gasteiger partial charge in [0, 0.05) is 30.7 Å². The Labute approximate surface area is 326 Å². The number of phenols is 1. The first-order valence-corrected chi connectivity index (χ1v) is 21.6. The number of nitrogen functional groups attached to an aromatic ring is 1. The van der Waals surface area contributed by atoms with Crippen molar-refractivity contribution in [3.63, 3.8) is 0 Å². The highest BCUT2D eigenvalue weighted by molar-refractivity contribution is 8.14. The van der Waals surface area contributed by atoms with Crippen LogP contribution in [0.3, 0.4) is 0 Å². The Balaban J connectivity index is 1.23. The van der Waals surface area contributed by atoms with Gasteiger partial charge in [-0.25, -0.2) is 19.3 Å². The first-order chi connectivity index (χ1) is 26.5. The van der Waals surface area contributed by atoms with Crippen LogP contribution in [0.25, 0.3) is 11.2 Å². The molecule has 0 saturated carbocycles. The SMILES string of the molecule is CC(C)(COP(=O)([O-])OP(=O)([O-])OC[C@H]1O[C@@H](n2cnc3c(N)ncnc32)[C@H](O)[C@@H]1OP(=O)([O-])[O-])[C@@H](O)C(=O)NCCC(=O)NCCSC(=O)c1ccccc1O. The van der Waals surface area contributed by atoms with E-state index in [1.807, 2.05) is 0 Å². The Bertz CT molecular complexity index is 2070. The monoisotopic (exact) mass is 883 g/mol. The van der Waals surface area contributed by atoms with Gasteiger partial charge in [0.1, 0.15) is 42.0 Å². The van der Waals surface area contributed by atoms with Crippen LogP contribution in [-0.2, 0) is 45.9 Å². The van der Waals surface area contributed by atoms with Gasteiger partial charge in [0.15, 0.2) is 17.7 Å². The molecule has 3 heterocycles. The molecule has 1 aliphatic heterocycles. The number of carbonyl (C=O) groups excluding carboxylic acids is 3. The number of benzene rings is 1. The highest BCUT2D eigenvalue weighted by Crippen LogP contribution is 2.56. The number of para-hydroxylation sites is 1. The maximum atomic E-state index is 12.5. The maximum Gasteiger partial charge on any atom is 0.274 e. The molecule has 1 saturated heterocycles. The molecule has 7 N–H and O–H groups in total. The second-order valence-corrected chi connectivity index (χ2v) is 17.8. The van der Waals surface area contributed by atoms with E-state index in [1.54, 1.807) is 12.1 Å². The number of phenolic OH excluding ortho intramolecular Hbond substituents is 1. The maximum absolute atomic E-state index is 12.5. The molecule has 1 aliphatic rings. The number of thioether (sulfide) groups is 1. The van der Waals surface area contributed by atoms with Crippen LogP contribution in [0.5, 0.6) is 5.75 Å². The molecule has 3 aromatic rings. The van der Waals surface area contributed by atoms with Crippen LogP contribution in [-0.4, -0.2) is 108 Å². The number of amides is 2. The number of anilines is 1. The fourth-order valence-electron chi connectivity index (χ4n) is 4.98. The van der Waals surface area contributed by atoms with Crippen molar-refractivity contribution in [2.45, 2.75) is 50.9 Å². The van der Waals surface area contributed by atoms with Gasteiger partial charge >= 0.3 is 0 Å². The molecule has 25 nitrogen and oxygen atoms in total. The fourth-order valence-corrected chi connectivity index (χ4v) is 8.43. The molecule has 0 bridgehead atoms. The van der Waals surface area contributed by atoms with Crippen LogP contribution >= 0.6 is 35.2 Å². The standard InChI is InChI=1S/C28H40N7O18P3S/c1-28(2,22(39)25(40)31-8-7-18(37)30-9-10-57-27(41)15-5-3-4-6-16(15)36)12-50-56(47,48)53-55(45,46)49-11-17-21(52-54(42,43)44)20(38)26(51-17)35-14-34-19-23(29)32-13-33-24(19)35/h3-6,13-14,17,20-22,26,36,38-39H,7-12H2,1-2H3,(H,30,37)(H,31,40)(H,45,46)(H,47,48)(H2,29,32,33)(H2,42,43,44)/p-4/t17-,20-,21-,22+,26-/m1/s1. The molecule has 0 radical (unpaired) electrons. The summed E-state index contributed by atoms with van der Waals surface area (Å²) in [5, 5.41) is 35.5. The van der Waals surface area contributed by atoms with E-state index < -0.39 is 89.7 Å². The fraction of sp³-hybridized carbons (Fsp3) is 0.500. The van der Waals surface area contributed by atoms with Gasteiger partial charge in [-0.15, -0.1) is 0 Å². The number of aromatic hydroxyl groups is 1. The minimum Gasteiger partial charge on any atom is -0.790 e. The lowest BCUT2D eigenvalue weighted by Gasteiger charge is -2.36. The number of phosphoric acid groups is 3. The predicted molar refractivity (Wildman–Crippen MR) is 186 cm³/mol. The van der Waals surface area contributed by atoms with E-state index >= 15 is 0 Å². The molecule has 2 amide bonds. The second kappa shape index (κ2) is 19.1. The molecule has 0 spiro atoms. The van der Waals surface area contributed by atoms with Crippen molar-refractivity contribution in [2.75, 3.05) is 37.8 Å². The number of carbonyl (C=O) groups is 3. The molecule has 29 heteroatoms. The molecule has 0 aliphatic carbocycles. The summed E-state index contributed by atoms with van der Waals surface area (Å²) < 4.78 is 60.4. The molecule has 1 fully saturated rings. The van der Waals surface area contributed by atoms with Crippen LogP contribution in [0.2, 0.25) is 0 Å². The van der Waals surface area contributed by atoms with E-state index in [2.05, 4.69) is 43.5 Å². The smallest absolute Gasteiger partial charge is 0.274 e. The molecule has 7 atom stereocenters. The normalized spacial score (nSPS) is 21.4. The van der Waals surface area contributed by atoms with Gasteiger partial charge in [-0.1, -0.05) is 37.7 Å². The highest BCUT2D eigenvalue weighted by atomic mass is 32.2. The molecule has 316 valence electrons. The number of ether oxygens (including phenoxy) is 1. The van der Waals surface area contributed by atoms with E-state index in [0.717, 1.165) is 29.0 Å². The molecule has 2 unspecified atom stereocenters. The zero-order valence-corrected chi connectivity index (χ0v) is 33.2. The van der Waals surface area contributed by atoms with Crippen LogP contribution < -0.4 is 35.9 Å². The lowest BCUT2D eigenvalue weighted by molar-refractivity contribution is -0.347. The number of phosphoric ester groups is 3. The number of nitrogens with zero attached hydrogens (tertiary/aromatic N) is 4. The number of nitrogens with two attached hydrogens (primary N) is 1. The molecular formula is C28H36N7O18P3S-4. The van der Waals surface area contributed by atoms with E-state index in [-0.39, 0.29) is 53.6 Å². The summed E-state index contributed by atoms with van der Waals surface area (Å²) in [6.07, 6.45) is -7.71. The summed E-state index contributed by atoms with van der Waals surface area (Å²) >= 11 is 0.866. The molecule has 57 heavy (non-hydrogen) atoms. The van der Waals surface area contributed by atoms with Crippen molar-refractivity contribution in [2.24, 2.45) is 5.41 Å². The number of aliphatic hydroxyl groups is 2. The number of hydrogen-bond donors (Lipinski definition) is 6. The van der Waals surface area contributed by atoms with Crippen molar-refractivity contribution in [1.82, 2.24) is 30.2 Å². The van der Waals surface area contributed by atoms with E-state index in [9.17, 15) is 63.0 Å². The third-order valence-electron chi connectivity index (χ3n) is 7.83. The van der Waals surface area contributed by atoms with Crippen LogP contribution in [0, 0.1) is 5.41 Å². The third-order valence-corrected chi connectivity index (χ3v) is 11.7. The number of fused-ring (bicyclic) bond motifs is 1. The number of rotatable bonds is 20. The number of imidazole rings is 1. The van der Waals surface area contributed by atoms with Crippen molar-refractivity contribution in [3.05, 3.63) is 42.5 Å². The first kappa shape index (κ1) is 46.3. The lowest BCUT2D eigenvalue weighted by atomic mass is 9.87. The number of aliphatic hydroxyl groups excluding tert-OH is 2. The third kappa shape index (κ3) is 13.0. The Morgan fingerprint density at radius 3 is 2.42 bits per heavy atom. The van der Waals surface area contributed by atoms with Crippen molar-refractivity contribution < 1.29 is 85.6 Å². The highest BCUT2D eigenvalue weighted by Gasteiger charge is 2.47. The topological polar surface area (TPSA) is 395 Å². The Kier molecular flexibility index (Phi) is 15.5. The zero-order valence-electron chi connectivity index (χ0n) is 29.7. The van der Waals surface area contributed by atoms with Gasteiger partial charge < -0.3 is 74.1 Å². The molecule has 1 aromatic carbocycles. The van der Waals surface area contributed by atoms with E-state index in [4.69, 9.17) is 10.5 Å². The summed E-state index contributed by atoms with van der Waals surface area (Å²) in [7, 11) is -17.6. The van der Waals surface area contributed by atoms with E-state index in [0.29, 0.717) is 0 Å². The van der Waals surface area contributed by atoms with Gasteiger partial charge in [0.05, 0.1) is 32.9 Å². The van der Waals surface area contributed by atoms with Gasteiger partial charge in [-0.05, 0) is 12.1 Å². The second-order valence-electron chi connectivity index (χ2n) is 12.6. The largest absolute Gasteiger partial charge is 0.790 e. The average molecular weight is 884 g/mol. The first-order valence-electron chi connectivity index (χ1n) is 16.3. The van der Waals surface area contributed by atoms with Crippen LogP contribution in [0.4, 0.5) is 5.82 Å².